The zero-order chi connectivity index (χ0) is 22.9. The predicted molar refractivity (Wildman–Crippen MR) is 123 cm³/mol. The second-order valence-corrected chi connectivity index (χ2v) is 7.34. The van der Waals surface area contributed by atoms with Gasteiger partial charge in [0, 0.05) is 12.6 Å². The van der Waals surface area contributed by atoms with Gasteiger partial charge in [-0.25, -0.2) is 9.78 Å². The van der Waals surface area contributed by atoms with Crippen molar-refractivity contribution < 1.29 is 23.7 Å². The van der Waals surface area contributed by atoms with Crippen LogP contribution in [0.5, 0.6) is 23.1 Å². The number of hydrogen-bond donors (Lipinski definition) is 1. The molecular formula is C23H25N3O5S. The largest absolute Gasteiger partial charge is 0.493 e. The SMILES string of the molecule is COC(=O)c1cccc(Oc2cc(NCCc3ccc(OC)c(OC)c3)nc(SC)n2)c1. The third kappa shape index (κ3) is 6.04. The number of carbonyl (C=O) groups excluding carboxylic acids is 1. The Bertz CT molecular complexity index is 1080. The lowest BCUT2D eigenvalue weighted by Crippen LogP contribution is -2.08. The van der Waals surface area contributed by atoms with E-state index >= 15 is 0 Å². The molecule has 2 aromatic carbocycles. The topological polar surface area (TPSA) is 91.8 Å². The van der Waals surface area contributed by atoms with Gasteiger partial charge in [-0.15, -0.1) is 0 Å². The number of ether oxygens (including phenoxy) is 4. The van der Waals surface area contributed by atoms with Gasteiger partial charge in [0.2, 0.25) is 5.88 Å². The molecule has 3 aromatic rings. The van der Waals surface area contributed by atoms with Gasteiger partial charge in [-0.2, -0.15) is 4.98 Å². The molecule has 0 aliphatic heterocycles. The first-order valence-electron chi connectivity index (χ1n) is 9.80. The molecule has 0 amide bonds. The summed E-state index contributed by atoms with van der Waals surface area (Å²) in [4.78, 5) is 20.6. The molecule has 0 saturated carbocycles. The fraction of sp³-hybridized carbons (Fsp3) is 0.261. The van der Waals surface area contributed by atoms with Gasteiger partial charge in [-0.1, -0.05) is 23.9 Å². The van der Waals surface area contributed by atoms with Gasteiger partial charge in [-0.05, 0) is 48.6 Å². The van der Waals surface area contributed by atoms with Crippen molar-refractivity contribution >= 4 is 23.5 Å². The summed E-state index contributed by atoms with van der Waals surface area (Å²) in [5.41, 5.74) is 1.50. The van der Waals surface area contributed by atoms with Crippen LogP contribution >= 0.6 is 11.8 Å². The van der Waals surface area contributed by atoms with Crippen molar-refractivity contribution in [2.75, 3.05) is 39.4 Å². The summed E-state index contributed by atoms with van der Waals surface area (Å²) in [7, 11) is 4.57. The molecule has 8 nitrogen and oxygen atoms in total. The molecule has 1 heterocycles. The summed E-state index contributed by atoms with van der Waals surface area (Å²) >= 11 is 1.41. The van der Waals surface area contributed by atoms with Gasteiger partial charge in [0.1, 0.15) is 11.6 Å². The maximum Gasteiger partial charge on any atom is 0.337 e. The minimum absolute atomic E-state index is 0.375. The van der Waals surface area contributed by atoms with Crippen LogP contribution in [0.1, 0.15) is 15.9 Å². The molecule has 0 fully saturated rings. The van der Waals surface area contributed by atoms with E-state index in [-0.39, 0.29) is 0 Å². The summed E-state index contributed by atoms with van der Waals surface area (Å²) in [6, 6.07) is 14.3. The van der Waals surface area contributed by atoms with Gasteiger partial charge in [-0.3, -0.25) is 0 Å². The summed E-state index contributed by atoms with van der Waals surface area (Å²) in [6.07, 6.45) is 2.65. The Labute approximate surface area is 191 Å². The van der Waals surface area contributed by atoms with Gasteiger partial charge < -0.3 is 24.3 Å². The third-order valence-electron chi connectivity index (χ3n) is 4.51. The monoisotopic (exact) mass is 455 g/mol. The first kappa shape index (κ1) is 23.2. The van der Waals surface area contributed by atoms with E-state index in [1.807, 2.05) is 24.5 Å². The Morgan fingerprint density at radius 3 is 2.53 bits per heavy atom. The number of thioether (sulfide) groups is 1. The molecule has 0 atom stereocenters. The first-order chi connectivity index (χ1) is 15.6. The standard InChI is InChI=1S/C23H25N3O5S/c1-28-18-9-8-15(12-19(18)29-2)10-11-24-20-14-21(26-23(25-20)32-4)31-17-7-5-6-16(13-17)22(27)30-3/h5-9,12-14H,10-11H2,1-4H3,(H,24,25,26). The van der Waals surface area contributed by atoms with Crippen molar-refractivity contribution in [1.82, 2.24) is 9.97 Å². The second-order valence-electron chi connectivity index (χ2n) is 6.57. The Balaban J connectivity index is 1.69. The summed E-state index contributed by atoms with van der Waals surface area (Å²) in [6.45, 7) is 0.650. The third-order valence-corrected chi connectivity index (χ3v) is 5.06. The minimum Gasteiger partial charge on any atom is -0.493 e. The van der Waals surface area contributed by atoms with Gasteiger partial charge in [0.05, 0.1) is 26.9 Å². The van der Waals surface area contributed by atoms with E-state index in [1.54, 1.807) is 44.6 Å². The molecule has 32 heavy (non-hydrogen) atoms. The average molecular weight is 456 g/mol. The Morgan fingerprint density at radius 1 is 1.00 bits per heavy atom. The molecule has 0 radical (unpaired) electrons. The van der Waals surface area contributed by atoms with Crippen molar-refractivity contribution in [2.45, 2.75) is 11.6 Å². The number of nitrogens with one attached hydrogen (secondary N) is 1. The highest BCUT2D eigenvalue weighted by atomic mass is 32.2. The summed E-state index contributed by atoms with van der Waals surface area (Å²) in [5, 5.41) is 3.88. The van der Waals surface area contributed by atoms with Crippen LogP contribution in [0.15, 0.2) is 53.7 Å². The van der Waals surface area contributed by atoms with Crippen LogP contribution in [-0.4, -0.2) is 50.1 Å². The summed E-state index contributed by atoms with van der Waals surface area (Å²) in [5.74, 6) is 2.46. The number of methoxy groups -OCH3 is 3. The van der Waals surface area contributed by atoms with Gasteiger partial charge in [0.15, 0.2) is 16.7 Å². The van der Waals surface area contributed by atoms with E-state index < -0.39 is 5.97 Å². The summed E-state index contributed by atoms with van der Waals surface area (Å²) < 4.78 is 21.3. The number of hydrogen-bond acceptors (Lipinski definition) is 9. The number of rotatable bonds is 10. The fourth-order valence-electron chi connectivity index (χ4n) is 2.93. The maximum absolute atomic E-state index is 11.8. The van der Waals surface area contributed by atoms with E-state index in [2.05, 4.69) is 15.3 Å². The number of carbonyl (C=O) groups is 1. The van der Waals surface area contributed by atoms with Crippen LogP contribution in [0.25, 0.3) is 0 Å². The average Bonchev–Trinajstić information content (AvgIpc) is 2.83. The van der Waals surface area contributed by atoms with E-state index in [4.69, 9.17) is 18.9 Å². The zero-order valence-corrected chi connectivity index (χ0v) is 19.2. The first-order valence-corrected chi connectivity index (χ1v) is 11.0. The normalized spacial score (nSPS) is 10.4. The number of anilines is 1. The zero-order valence-electron chi connectivity index (χ0n) is 18.4. The Morgan fingerprint density at radius 2 is 1.81 bits per heavy atom. The lowest BCUT2D eigenvalue weighted by atomic mass is 10.1. The van der Waals surface area contributed by atoms with Gasteiger partial charge >= 0.3 is 5.97 Å². The lowest BCUT2D eigenvalue weighted by molar-refractivity contribution is 0.0600. The van der Waals surface area contributed by atoms with Crippen LogP contribution in [0.2, 0.25) is 0 Å². The van der Waals surface area contributed by atoms with Crippen molar-refractivity contribution in [3.63, 3.8) is 0 Å². The molecule has 3 rings (SSSR count). The van der Waals surface area contributed by atoms with Crippen LogP contribution in [0.3, 0.4) is 0 Å². The van der Waals surface area contributed by atoms with E-state index in [9.17, 15) is 4.79 Å². The molecule has 0 aliphatic carbocycles. The highest BCUT2D eigenvalue weighted by Gasteiger charge is 2.10. The molecule has 1 N–H and O–H groups in total. The fourth-order valence-corrected chi connectivity index (χ4v) is 3.31. The van der Waals surface area contributed by atoms with Crippen LogP contribution < -0.4 is 19.5 Å². The molecule has 0 unspecified atom stereocenters. The minimum atomic E-state index is -0.430. The van der Waals surface area contributed by atoms with Crippen molar-refractivity contribution in [3.8, 4) is 23.1 Å². The number of benzene rings is 2. The Hall–Kier alpha value is -3.46. The number of aromatic nitrogens is 2. The van der Waals surface area contributed by atoms with Crippen LogP contribution in [0, 0.1) is 0 Å². The van der Waals surface area contributed by atoms with E-state index in [0.717, 1.165) is 12.0 Å². The second kappa shape index (κ2) is 11.2. The smallest absolute Gasteiger partial charge is 0.337 e. The molecule has 1 aromatic heterocycles. The van der Waals surface area contributed by atoms with Crippen molar-refractivity contribution in [1.29, 1.82) is 0 Å². The maximum atomic E-state index is 11.8. The number of esters is 1. The molecule has 168 valence electrons. The van der Waals surface area contributed by atoms with E-state index in [0.29, 0.717) is 46.2 Å². The highest BCUT2D eigenvalue weighted by Crippen LogP contribution is 2.28. The van der Waals surface area contributed by atoms with Gasteiger partial charge in [0.25, 0.3) is 0 Å². The molecule has 9 heteroatoms. The molecule has 0 spiro atoms. The predicted octanol–water partition coefficient (Wildman–Crippen LogP) is 4.45. The van der Waals surface area contributed by atoms with Crippen LogP contribution in [-0.2, 0) is 11.2 Å². The molecule has 0 saturated heterocycles. The van der Waals surface area contributed by atoms with Crippen molar-refractivity contribution in [3.05, 3.63) is 59.7 Å². The lowest BCUT2D eigenvalue weighted by Gasteiger charge is -2.12. The Kier molecular flexibility index (Phi) is 8.15. The molecule has 0 aliphatic rings. The molecular weight excluding hydrogens is 430 g/mol. The quantitative estimate of drug-likeness (QED) is 0.270. The van der Waals surface area contributed by atoms with E-state index in [1.165, 1.54) is 18.9 Å². The van der Waals surface area contributed by atoms with Crippen molar-refractivity contribution in [2.24, 2.45) is 0 Å². The number of nitrogens with zero attached hydrogens (tertiary/aromatic N) is 2. The molecule has 0 bridgehead atoms. The highest BCUT2D eigenvalue weighted by molar-refractivity contribution is 7.98. The van der Waals surface area contributed by atoms with Crippen LogP contribution in [0.4, 0.5) is 5.82 Å².